The third-order valence-electron chi connectivity index (χ3n) is 4.40. The van der Waals surface area contributed by atoms with E-state index in [-0.39, 0.29) is 31.6 Å². The van der Waals surface area contributed by atoms with Crippen molar-refractivity contribution in [2.45, 2.75) is 12.8 Å². The van der Waals surface area contributed by atoms with Gasteiger partial charge >= 0.3 is 0 Å². The van der Waals surface area contributed by atoms with Gasteiger partial charge in [0.25, 0.3) is 5.91 Å². The Morgan fingerprint density at radius 2 is 2.24 bits per heavy atom. The molecule has 0 saturated carbocycles. The molecule has 150 valence electrons. The maximum absolute atomic E-state index is 12.7. The Labute approximate surface area is 176 Å². The average Bonchev–Trinajstić information content (AvgIpc) is 3.43. The molecule has 10 heteroatoms. The summed E-state index contributed by atoms with van der Waals surface area (Å²) < 4.78 is 11.1. The number of imidazole rings is 1. The van der Waals surface area contributed by atoms with Crippen LogP contribution in [0, 0.1) is 0 Å². The van der Waals surface area contributed by atoms with E-state index in [0.29, 0.717) is 33.7 Å². The fourth-order valence-electron chi connectivity index (χ4n) is 2.91. The summed E-state index contributed by atoms with van der Waals surface area (Å²) in [5.74, 6) is 1.02. The second-order valence-corrected chi connectivity index (χ2v) is 8.05. The summed E-state index contributed by atoms with van der Waals surface area (Å²) in [4.78, 5) is 33.6. The Balaban J connectivity index is 1.30. The van der Waals surface area contributed by atoms with Crippen LogP contribution in [0.25, 0.3) is 6.08 Å². The molecular weight excluding hydrogens is 412 g/mol. The standard InChI is InChI=1S/C19H18N4O4S2/c24-17(21-5-3-13-9-20-10-22-13)4-6-23-18(25)16(29-19(23)28)8-12-1-2-14-15(7-12)27-11-26-14/h1-2,7-10H,3-6,11H2,(H,20,22)(H,21,24). The SMILES string of the molecule is O=C(CCN1C(=O)C(=Cc2ccc3c(c2)OCO3)SC1=S)NCCc1cnc[nH]1. The predicted octanol–water partition coefficient (Wildman–Crippen LogP) is 2.09. The number of amides is 2. The van der Waals surface area contributed by atoms with Crippen molar-refractivity contribution < 1.29 is 19.1 Å². The van der Waals surface area contributed by atoms with Gasteiger partial charge in [0.05, 0.1) is 11.2 Å². The van der Waals surface area contributed by atoms with Crippen LogP contribution in [0.15, 0.2) is 35.6 Å². The Hall–Kier alpha value is -2.85. The van der Waals surface area contributed by atoms with Gasteiger partial charge in [0, 0.05) is 37.8 Å². The van der Waals surface area contributed by atoms with Crippen molar-refractivity contribution >= 4 is 46.2 Å². The molecule has 3 heterocycles. The number of hydrogen-bond donors (Lipinski definition) is 2. The fraction of sp³-hybridized carbons (Fsp3) is 0.263. The number of aromatic nitrogens is 2. The summed E-state index contributed by atoms with van der Waals surface area (Å²) in [6.45, 7) is 0.952. The molecule has 0 unspecified atom stereocenters. The van der Waals surface area contributed by atoms with Crippen molar-refractivity contribution in [3.05, 3.63) is 46.9 Å². The van der Waals surface area contributed by atoms with E-state index in [9.17, 15) is 9.59 Å². The number of aromatic amines is 1. The van der Waals surface area contributed by atoms with Gasteiger partial charge in [0.2, 0.25) is 12.7 Å². The Bertz CT molecular complexity index is 975. The van der Waals surface area contributed by atoms with Gasteiger partial charge in [-0.1, -0.05) is 30.0 Å². The number of carbonyl (C=O) groups is 2. The number of nitrogens with one attached hydrogen (secondary N) is 2. The van der Waals surface area contributed by atoms with Gasteiger partial charge in [-0.2, -0.15) is 0 Å². The zero-order valence-corrected chi connectivity index (χ0v) is 17.0. The number of thiocarbonyl (C=S) groups is 1. The second-order valence-electron chi connectivity index (χ2n) is 6.37. The zero-order valence-electron chi connectivity index (χ0n) is 15.3. The molecule has 2 N–H and O–H groups in total. The number of hydrogen-bond acceptors (Lipinski definition) is 7. The minimum Gasteiger partial charge on any atom is -0.454 e. The molecule has 1 aromatic heterocycles. The number of fused-ring (bicyclic) bond motifs is 1. The van der Waals surface area contributed by atoms with Gasteiger partial charge in [-0.05, 0) is 23.8 Å². The molecule has 1 aromatic carbocycles. The minimum absolute atomic E-state index is 0.127. The van der Waals surface area contributed by atoms with Crippen molar-refractivity contribution in [1.82, 2.24) is 20.2 Å². The highest BCUT2D eigenvalue weighted by atomic mass is 32.2. The van der Waals surface area contributed by atoms with Crippen molar-refractivity contribution in [1.29, 1.82) is 0 Å². The van der Waals surface area contributed by atoms with Crippen LogP contribution in [0.4, 0.5) is 0 Å². The first kappa shape index (κ1) is 19.5. The van der Waals surface area contributed by atoms with Crippen LogP contribution in [0.2, 0.25) is 0 Å². The van der Waals surface area contributed by atoms with E-state index in [2.05, 4.69) is 15.3 Å². The third-order valence-corrected chi connectivity index (χ3v) is 5.78. The molecule has 29 heavy (non-hydrogen) atoms. The molecule has 0 bridgehead atoms. The molecule has 0 radical (unpaired) electrons. The smallest absolute Gasteiger partial charge is 0.266 e. The highest BCUT2D eigenvalue weighted by Crippen LogP contribution is 2.36. The molecule has 0 aliphatic carbocycles. The van der Waals surface area contributed by atoms with E-state index in [1.54, 1.807) is 18.6 Å². The van der Waals surface area contributed by atoms with Gasteiger partial charge in [0.1, 0.15) is 4.32 Å². The number of ether oxygens (including phenoxy) is 2. The average molecular weight is 431 g/mol. The van der Waals surface area contributed by atoms with Crippen molar-refractivity contribution in [2.24, 2.45) is 0 Å². The van der Waals surface area contributed by atoms with Crippen LogP contribution >= 0.6 is 24.0 Å². The van der Waals surface area contributed by atoms with E-state index >= 15 is 0 Å². The number of thioether (sulfide) groups is 1. The number of H-pyrrole nitrogens is 1. The van der Waals surface area contributed by atoms with E-state index in [4.69, 9.17) is 21.7 Å². The van der Waals surface area contributed by atoms with Crippen molar-refractivity contribution in [3.63, 3.8) is 0 Å². The lowest BCUT2D eigenvalue weighted by molar-refractivity contribution is -0.123. The number of rotatable bonds is 7. The highest BCUT2D eigenvalue weighted by Gasteiger charge is 2.32. The van der Waals surface area contributed by atoms with Crippen LogP contribution in [-0.2, 0) is 16.0 Å². The summed E-state index contributed by atoms with van der Waals surface area (Å²) in [7, 11) is 0. The van der Waals surface area contributed by atoms with E-state index in [1.165, 1.54) is 16.7 Å². The van der Waals surface area contributed by atoms with Gasteiger partial charge in [-0.25, -0.2) is 4.98 Å². The summed E-state index contributed by atoms with van der Waals surface area (Å²) in [5, 5.41) is 2.83. The third kappa shape index (κ3) is 4.60. The largest absolute Gasteiger partial charge is 0.454 e. The maximum atomic E-state index is 12.7. The summed E-state index contributed by atoms with van der Waals surface area (Å²) >= 11 is 6.56. The predicted molar refractivity (Wildman–Crippen MR) is 112 cm³/mol. The number of nitrogens with zero attached hydrogens (tertiary/aromatic N) is 2. The lowest BCUT2D eigenvalue weighted by atomic mass is 10.2. The van der Waals surface area contributed by atoms with E-state index < -0.39 is 0 Å². The molecule has 2 aliphatic rings. The van der Waals surface area contributed by atoms with E-state index in [0.717, 1.165) is 11.3 Å². The number of carbonyl (C=O) groups excluding carboxylic acids is 2. The highest BCUT2D eigenvalue weighted by molar-refractivity contribution is 8.26. The molecule has 1 saturated heterocycles. The molecule has 1 fully saturated rings. The first-order chi connectivity index (χ1) is 14.1. The van der Waals surface area contributed by atoms with Crippen LogP contribution in [-0.4, -0.2) is 50.9 Å². The molecule has 0 spiro atoms. The summed E-state index contributed by atoms with van der Waals surface area (Å²) in [5.41, 5.74) is 1.78. The Morgan fingerprint density at radius 3 is 3.07 bits per heavy atom. The minimum atomic E-state index is -0.192. The molecule has 2 amide bonds. The summed E-state index contributed by atoms with van der Waals surface area (Å²) in [6, 6.07) is 5.48. The maximum Gasteiger partial charge on any atom is 0.266 e. The Kier molecular flexibility index (Phi) is 5.81. The van der Waals surface area contributed by atoms with Crippen LogP contribution in [0.1, 0.15) is 17.7 Å². The lowest BCUT2D eigenvalue weighted by Crippen LogP contribution is -2.34. The quantitative estimate of drug-likeness (QED) is 0.513. The summed E-state index contributed by atoms with van der Waals surface area (Å²) in [6.07, 6.45) is 5.95. The first-order valence-corrected chi connectivity index (χ1v) is 10.2. The lowest BCUT2D eigenvalue weighted by Gasteiger charge is -2.14. The molecule has 8 nitrogen and oxygen atoms in total. The topological polar surface area (TPSA) is 96.6 Å². The first-order valence-electron chi connectivity index (χ1n) is 8.99. The van der Waals surface area contributed by atoms with Crippen molar-refractivity contribution in [3.8, 4) is 11.5 Å². The fourth-order valence-corrected chi connectivity index (χ4v) is 4.22. The molecule has 2 aliphatic heterocycles. The van der Waals surface area contributed by atoms with Crippen molar-refractivity contribution in [2.75, 3.05) is 19.9 Å². The number of benzene rings is 1. The van der Waals surface area contributed by atoms with E-state index in [1.807, 2.05) is 18.2 Å². The molecular formula is C19H18N4O4S2. The zero-order chi connectivity index (χ0) is 20.2. The molecule has 0 atom stereocenters. The monoisotopic (exact) mass is 430 g/mol. The second kappa shape index (κ2) is 8.66. The van der Waals surface area contributed by atoms with Gasteiger partial charge in [0.15, 0.2) is 11.5 Å². The van der Waals surface area contributed by atoms with Crippen LogP contribution < -0.4 is 14.8 Å². The van der Waals surface area contributed by atoms with Gasteiger partial charge in [-0.15, -0.1) is 0 Å². The van der Waals surface area contributed by atoms with Crippen LogP contribution in [0.5, 0.6) is 11.5 Å². The normalized spacial score (nSPS) is 16.7. The molecule has 4 rings (SSSR count). The van der Waals surface area contributed by atoms with Crippen LogP contribution in [0.3, 0.4) is 0 Å². The van der Waals surface area contributed by atoms with Gasteiger partial charge < -0.3 is 19.8 Å². The molecule has 2 aromatic rings. The van der Waals surface area contributed by atoms with Gasteiger partial charge in [-0.3, -0.25) is 14.5 Å². The Morgan fingerprint density at radius 1 is 1.38 bits per heavy atom.